The smallest absolute Gasteiger partial charge is 0.161 e. The number of imidazole rings is 1. The van der Waals surface area contributed by atoms with E-state index in [-0.39, 0.29) is 0 Å². The molecule has 7 heteroatoms. The molecular formula is C27H27N7. The quantitative estimate of drug-likeness (QED) is 0.415. The van der Waals surface area contributed by atoms with Gasteiger partial charge in [-0.05, 0) is 62.3 Å². The molecule has 1 fully saturated rings. The molecular weight excluding hydrogens is 422 g/mol. The van der Waals surface area contributed by atoms with Crippen molar-refractivity contribution >= 4 is 5.82 Å². The third-order valence-electron chi connectivity index (χ3n) is 6.86. The normalized spacial score (nSPS) is 16.6. The van der Waals surface area contributed by atoms with E-state index in [9.17, 15) is 0 Å². The summed E-state index contributed by atoms with van der Waals surface area (Å²) in [7, 11) is 4.29. The number of benzene rings is 1. The second kappa shape index (κ2) is 8.15. The zero-order valence-electron chi connectivity index (χ0n) is 19.5. The predicted octanol–water partition coefficient (Wildman–Crippen LogP) is 4.02. The Morgan fingerprint density at radius 3 is 2.76 bits per heavy atom. The summed E-state index contributed by atoms with van der Waals surface area (Å²) in [4.78, 5) is 14.5. The van der Waals surface area contributed by atoms with Crippen LogP contribution in [0.15, 0.2) is 61.1 Å². The predicted molar refractivity (Wildman–Crippen MR) is 133 cm³/mol. The third kappa shape index (κ3) is 3.57. The number of nitrogens with zero attached hydrogens (tertiary/aromatic N) is 7. The van der Waals surface area contributed by atoms with Crippen molar-refractivity contribution in [2.24, 2.45) is 5.92 Å². The molecule has 0 spiro atoms. The SMILES string of the molecule is CN(C)C[C@@H]1CCN(c2ccc3c(n2)Cn2cc(-c4ccc(C#N)cc4)cc2-c2nccn2-3)C1. The summed E-state index contributed by atoms with van der Waals surface area (Å²) in [6.45, 7) is 3.91. The van der Waals surface area contributed by atoms with Gasteiger partial charge in [0, 0.05) is 43.8 Å². The second-order valence-corrected chi connectivity index (χ2v) is 9.55. The van der Waals surface area contributed by atoms with Gasteiger partial charge in [0.15, 0.2) is 5.82 Å². The van der Waals surface area contributed by atoms with Crippen LogP contribution in [0.1, 0.15) is 17.7 Å². The van der Waals surface area contributed by atoms with E-state index in [0.717, 1.165) is 59.5 Å². The molecule has 170 valence electrons. The number of anilines is 1. The van der Waals surface area contributed by atoms with E-state index >= 15 is 0 Å². The van der Waals surface area contributed by atoms with Gasteiger partial charge < -0.3 is 14.4 Å². The second-order valence-electron chi connectivity index (χ2n) is 9.55. The maximum absolute atomic E-state index is 9.12. The van der Waals surface area contributed by atoms with Crippen LogP contribution < -0.4 is 4.90 Å². The summed E-state index contributed by atoms with van der Waals surface area (Å²) in [5.41, 5.74) is 6.07. The first kappa shape index (κ1) is 20.7. The topological polar surface area (TPSA) is 65.9 Å². The monoisotopic (exact) mass is 449 g/mol. The van der Waals surface area contributed by atoms with Crippen LogP contribution in [-0.2, 0) is 6.54 Å². The number of rotatable bonds is 4. The number of nitriles is 1. The molecule has 5 heterocycles. The van der Waals surface area contributed by atoms with Crippen molar-refractivity contribution in [3.63, 3.8) is 0 Å². The van der Waals surface area contributed by atoms with Gasteiger partial charge in [0.2, 0.25) is 0 Å². The lowest BCUT2D eigenvalue weighted by Crippen LogP contribution is -2.26. The molecule has 0 saturated carbocycles. The van der Waals surface area contributed by atoms with Crippen molar-refractivity contribution in [1.82, 2.24) is 24.0 Å². The summed E-state index contributed by atoms with van der Waals surface area (Å²) in [6.07, 6.45) is 7.24. The van der Waals surface area contributed by atoms with Gasteiger partial charge in [-0.1, -0.05) is 12.1 Å². The van der Waals surface area contributed by atoms with Gasteiger partial charge in [-0.15, -0.1) is 0 Å². The molecule has 6 rings (SSSR count). The van der Waals surface area contributed by atoms with E-state index in [2.05, 4.69) is 68.5 Å². The first-order valence-corrected chi connectivity index (χ1v) is 11.7. The Hall–Kier alpha value is -3.89. The first-order chi connectivity index (χ1) is 16.6. The number of fused-ring (bicyclic) bond motifs is 5. The molecule has 2 aliphatic rings. The van der Waals surface area contributed by atoms with Crippen LogP contribution in [0.5, 0.6) is 0 Å². The lowest BCUT2D eigenvalue weighted by atomic mass is 10.1. The fraction of sp³-hybridized carbons (Fsp3) is 0.296. The molecule has 0 bridgehead atoms. The highest BCUT2D eigenvalue weighted by Gasteiger charge is 2.26. The van der Waals surface area contributed by atoms with Gasteiger partial charge in [-0.25, -0.2) is 9.97 Å². The van der Waals surface area contributed by atoms with Crippen molar-refractivity contribution < 1.29 is 0 Å². The minimum atomic E-state index is 0.667. The van der Waals surface area contributed by atoms with Crippen LogP contribution in [0, 0.1) is 17.2 Å². The van der Waals surface area contributed by atoms with Crippen LogP contribution in [0.3, 0.4) is 0 Å². The molecule has 1 atom stereocenters. The minimum absolute atomic E-state index is 0.667. The van der Waals surface area contributed by atoms with Crippen LogP contribution in [0.4, 0.5) is 5.82 Å². The van der Waals surface area contributed by atoms with Crippen molar-refractivity contribution in [3.05, 3.63) is 72.3 Å². The highest BCUT2D eigenvalue weighted by atomic mass is 15.2. The molecule has 0 radical (unpaired) electrons. The maximum atomic E-state index is 9.12. The van der Waals surface area contributed by atoms with Crippen LogP contribution in [-0.4, -0.2) is 57.7 Å². The number of aromatic nitrogens is 4. The Morgan fingerprint density at radius 2 is 1.97 bits per heavy atom. The largest absolute Gasteiger partial charge is 0.356 e. The van der Waals surface area contributed by atoms with Crippen LogP contribution >= 0.6 is 0 Å². The fourth-order valence-corrected chi connectivity index (χ4v) is 5.27. The van der Waals surface area contributed by atoms with E-state index in [1.165, 1.54) is 6.42 Å². The zero-order chi connectivity index (χ0) is 23.2. The van der Waals surface area contributed by atoms with E-state index < -0.39 is 0 Å². The molecule has 1 aromatic carbocycles. The van der Waals surface area contributed by atoms with Crippen molar-refractivity contribution in [1.29, 1.82) is 5.26 Å². The fourth-order valence-electron chi connectivity index (χ4n) is 5.27. The van der Waals surface area contributed by atoms with Crippen molar-refractivity contribution in [2.75, 3.05) is 38.6 Å². The van der Waals surface area contributed by atoms with Gasteiger partial charge in [-0.3, -0.25) is 4.57 Å². The van der Waals surface area contributed by atoms with Gasteiger partial charge in [0.1, 0.15) is 5.82 Å². The summed E-state index contributed by atoms with van der Waals surface area (Å²) >= 11 is 0. The van der Waals surface area contributed by atoms with Gasteiger partial charge in [0.05, 0.1) is 35.3 Å². The minimum Gasteiger partial charge on any atom is -0.356 e. The van der Waals surface area contributed by atoms with Crippen LogP contribution in [0.2, 0.25) is 0 Å². The number of hydrogen-bond acceptors (Lipinski definition) is 5. The summed E-state index contributed by atoms with van der Waals surface area (Å²) < 4.78 is 4.39. The summed E-state index contributed by atoms with van der Waals surface area (Å²) in [5, 5.41) is 9.12. The summed E-state index contributed by atoms with van der Waals surface area (Å²) in [5.74, 6) is 2.66. The van der Waals surface area contributed by atoms with E-state index in [4.69, 9.17) is 10.2 Å². The van der Waals surface area contributed by atoms with E-state index in [1.54, 1.807) is 0 Å². The molecule has 4 aromatic rings. The Balaban J connectivity index is 1.36. The van der Waals surface area contributed by atoms with Gasteiger partial charge in [-0.2, -0.15) is 5.26 Å². The summed E-state index contributed by atoms with van der Waals surface area (Å²) in [6, 6.07) is 16.4. The lowest BCUT2D eigenvalue weighted by molar-refractivity contribution is 0.340. The number of pyridine rings is 1. The Kier molecular flexibility index (Phi) is 4.96. The highest BCUT2D eigenvalue weighted by molar-refractivity contribution is 5.72. The Morgan fingerprint density at radius 1 is 1.12 bits per heavy atom. The Labute approximate surface area is 199 Å². The highest BCUT2D eigenvalue weighted by Crippen LogP contribution is 2.34. The molecule has 2 aliphatic heterocycles. The van der Waals surface area contributed by atoms with Crippen LogP contribution in [0.25, 0.3) is 28.3 Å². The first-order valence-electron chi connectivity index (χ1n) is 11.7. The van der Waals surface area contributed by atoms with Gasteiger partial charge in [0.25, 0.3) is 0 Å². The Bertz CT molecular complexity index is 1390. The van der Waals surface area contributed by atoms with Crippen molar-refractivity contribution in [3.8, 4) is 34.4 Å². The molecule has 1 saturated heterocycles. The molecule has 0 unspecified atom stereocenters. The van der Waals surface area contributed by atoms with Crippen molar-refractivity contribution in [2.45, 2.75) is 13.0 Å². The molecule has 0 N–H and O–H groups in total. The molecule has 34 heavy (non-hydrogen) atoms. The maximum Gasteiger partial charge on any atom is 0.161 e. The molecule has 7 nitrogen and oxygen atoms in total. The van der Waals surface area contributed by atoms with E-state index in [1.807, 2.05) is 36.7 Å². The molecule has 0 aliphatic carbocycles. The number of hydrogen-bond donors (Lipinski definition) is 0. The van der Waals surface area contributed by atoms with Gasteiger partial charge >= 0.3 is 0 Å². The molecule has 3 aromatic heterocycles. The zero-order valence-corrected chi connectivity index (χ0v) is 19.5. The third-order valence-corrected chi connectivity index (χ3v) is 6.86. The van der Waals surface area contributed by atoms with E-state index in [0.29, 0.717) is 18.0 Å². The average molecular weight is 450 g/mol. The average Bonchev–Trinajstić information content (AvgIpc) is 3.57. The lowest BCUT2D eigenvalue weighted by Gasteiger charge is -2.21. The standard InChI is InChI=1S/C27H27N7/c1-31(2)15-20-9-11-32(16-20)26-8-7-24-23(30-26)18-33-17-22(21-5-3-19(14-28)4-6-21)13-25(33)27-29-10-12-34(24)27/h3-8,10,12-13,17,20H,9,11,15-16,18H2,1-2H3/t20-/m0/s1. The molecule has 0 amide bonds.